The van der Waals surface area contributed by atoms with E-state index >= 15 is 0 Å². The van der Waals surface area contributed by atoms with Crippen molar-refractivity contribution in [2.75, 3.05) is 57.7 Å². The highest BCUT2D eigenvalue weighted by atomic mass is 35.5. The number of morpholine rings is 1. The van der Waals surface area contributed by atoms with Gasteiger partial charge >= 0.3 is 0 Å². The minimum Gasteiger partial charge on any atom is -0.495 e. The van der Waals surface area contributed by atoms with Crippen molar-refractivity contribution in [3.8, 4) is 22.9 Å². The second-order valence-electron chi connectivity index (χ2n) is 8.83. The van der Waals surface area contributed by atoms with Gasteiger partial charge in [-0.2, -0.15) is 0 Å². The van der Waals surface area contributed by atoms with Crippen LogP contribution in [-0.2, 0) is 11.2 Å². The van der Waals surface area contributed by atoms with Crippen LogP contribution < -0.4 is 20.1 Å². The lowest BCUT2D eigenvalue weighted by molar-refractivity contribution is 0.0384. The molecule has 11 nitrogen and oxygen atoms in total. The molecule has 0 atom stereocenters. The molecular formula is C27H28Cl2N8O3. The van der Waals surface area contributed by atoms with E-state index in [0.717, 1.165) is 39.3 Å². The second-order valence-corrected chi connectivity index (χ2v) is 9.59. The molecule has 0 saturated carbocycles. The van der Waals surface area contributed by atoms with E-state index in [1.54, 1.807) is 24.5 Å². The molecule has 0 bridgehead atoms. The van der Waals surface area contributed by atoms with Crippen molar-refractivity contribution < 1.29 is 14.2 Å². The van der Waals surface area contributed by atoms with Crippen molar-refractivity contribution in [3.63, 3.8) is 0 Å². The molecule has 5 rings (SSSR count). The molecule has 0 unspecified atom stereocenters. The number of pyridine rings is 1. The summed E-state index contributed by atoms with van der Waals surface area (Å²) < 4.78 is 16.2. The average molecular weight is 583 g/mol. The fraction of sp³-hybridized carbons (Fsp3) is 0.296. The van der Waals surface area contributed by atoms with E-state index in [2.05, 4.69) is 46.5 Å². The molecule has 1 aliphatic rings. The van der Waals surface area contributed by atoms with Crippen molar-refractivity contribution in [2.45, 2.75) is 6.42 Å². The summed E-state index contributed by atoms with van der Waals surface area (Å²) >= 11 is 13.1. The van der Waals surface area contributed by atoms with Crippen molar-refractivity contribution in [3.05, 3.63) is 64.8 Å². The van der Waals surface area contributed by atoms with E-state index in [-0.39, 0.29) is 10.0 Å². The quantitative estimate of drug-likeness (QED) is 0.262. The van der Waals surface area contributed by atoms with Gasteiger partial charge in [-0.05, 0) is 18.1 Å². The van der Waals surface area contributed by atoms with Crippen LogP contribution in [0.1, 0.15) is 5.56 Å². The molecule has 1 fully saturated rings. The smallest absolute Gasteiger partial charge is 0.158 e. The fourth-order valence-electron chi connectivity index (χ4n) is 4.18. The Labute approximate surface area is 241 Å². The summed E-state index contributed by atoms with van der Waals surface area (Å²) in [6, 6.07) is 7.38. The summed E-state index contributed by atoms with van der Waals surface area (Å²) in [6.07, 6.45) is 7.38. The number of benzene rings is 1. The minimum absolute atomic E-state index is 0.273. The number of anilines is 4. The summed E-state index contributed by atoms with van der Waals surface area (Å²) in [7, 11) is 3.02. The van der Waals surface area contributed by atoms with Crippen molar-refractivity contribution in [1.29, 1.82) is 0 Å². The molecule has 3 aromatic heterocycles. The van der Waals surface area contributed by atoms with Crippen LogP contribution in [0.15, 0.2) is 49.2 Å². The number of halogens is 2. The standard InChI is InChI=1S/C27H28Cl2N8O3/c1-38-19-14-20(39-2)24(29)26(23(19)28)36-27-25(30-6-7-31-27)18-13-22(34-16-33-18)35-21-4-3-17(15-32-21)5-8-37-9-11-40-12-10-37/h3-4,6-7,13-16H,5,8-12H2,1-2H3,(H,31,36)(H,32,33,34,35). The van der Waals surface area contributed by atoms with Crippen LogP contribution in [0.5, 0.6) is 11.5 Å². The van der Waals surface area contributed by atoms with Crippen LogP contribution in [0, 0.1) is 0 Å². The number of nitrogens with zero attached hydrogens (tertiary/aromatic N) is 6. The molecule has 0 amide bonds. The predicted octanol–water partition coefficient (Wildman–Crippen LogP) is 5.01. The Bertz CT molecular complexity index is 1420. The van der Waals surface area contributed by atoms with Gasteiger partial charge < -0.3 is 24.8 Å². The van der Waals surface area contributed by atoms with Gasteiger partial charge in [-0.15, -0.1) is 0 Å². The molecule has 0 aliphatic carbocycles. The van der Waals surface area contributed by atoms with Gasteiger partial charge in [0.05, 0.1) is 38.8 Å². The summed E-state index contributed by atoms with van der Waals surface area (Å²) in [5, 5.41) is 6.94. The Morgan fingerprint density at radius 2 is 1.62 bits per heavy atom. The zero-order valence-electron chi connectivity index (χ0n) is 22.0. The second kappa shape index (κ2) is 13.1. The first kappa shape index (κ1) is 27.8. The monoisotopic (exact) mass is 582 g/mol. The van der Waals surface area contributed by atoms with Gasteiger partial charge in [0.1, 0.15) is 45.2 Å². The number of ether oxygens (including phenoxy) is 3. The molecule has 1 aliphatic heterocycles. The van der Waals surface area contributed by atoms with E-state index in [1.165, 1.54) is 26.1 Å². The first-order valence-corrected chi connectivity index (χ1v) is 13.3. The molecular weight excluding hydrogens is 555 g/mol. The lowest BCUT2D eigenvalue weighted by atomic mass is 10.2. The van der Waals surface area contributed by atoms with Crippen LogP contribution >= 0.6 is 23.2 Å². The van der Waals surface area contributed by atoms with Gasteiger partial charge in [-0.1, -0.05) is 29.3 Å². The maximum absolute atomic E-state index is 6.55. The number of rotatable bonds is 10. The van der Waals surface area contributed by atoms with Crippen LogP contribution in [-0.4, -0.2) is 76.9 Å². The van der Waals surface area contributed by atoms with Crippen molar-refractivity contribution in [2.24, 2.45) is 0 Å². The average Bonchev–Trinajstić information content (AvgIpc) is 3.00. The zero-order valence-corrected chi connectivity index (χ0v) is 23.5. The normalized spacial score (nSPS) is 13.6. The third-order valence-electron chi connectivity index (χ3n) is 6.33. The SMILES string of the molecule is COc1cc(OC)c(Cl)c(Nc2nccnc2-c2cc(Nc3ccc(CCN4CCOCC4)cn3)ncn2)c1Cl. The first-order valence-electron chi connectivity index (χ1n) is 12.6. The molecule has 1 aromatic carbocycles. The van der Waals surface area contributed by atoms with Gasteiger partial charge in [0.25, 0.3) is 0 Å². The number of nitrogens with one attached hydrogen (secondary N) is 2. The lowest BCUT2D eigenvalue weighted by Gasteiger charge is -2.26. The zero-order chi connectivity index (χ0) is 27.9. The Morgan fingerprint density at radius 3 is 2.33 bits per heavy atom. The topological polar surface area (TPSA) is 119 Å². The molecule has 4 heterocycles. The Hall–Kier alpha value is -3.77. The van der Waals surface area contributed by atoms with E-state index in [4.69, 9.17) is 37.4 Å². The molecule has 0 radical (unpaired) electrons. The first-order chi connectivity index (χ1) is 19.6. The molecule has 0 spiro atoms. The molecule has 2 N–H and O–H groups in total. The highest BCUT2D eigenvalue weighted by molar-refractivity contribution is 6.41. The summed E-state index contributed by atoms with van der Waals surface area (Å²) in [5.74, 6) is 2.38. The van der Waals surface area contributed by atoms with Gasteiger partial charge in [0.2, 0.25) is 0 Å². The molecule has 4 aromatic rings. The minimum atomic E-state index is 0.273. The fourth-order valence-corrected chi connectivity index (χ4v) is 4.77. The van der Waals surface area contributed by atoms with Crippen LogP contribution in [0.4, 0.5) is 23.1 Å². The lowest BCUT2D eigenvalue weighted by Crippen LogP contribution is -2.37. The highest BCUT2D eigenvalue weighted by Crippen LogP contribution is 2.45. The Kier molecular flexibility index (Phi) is 9.07. The number of hydrogen-bond acceptors (Lipinski definition) is 11. The third kappa shape index (κ3) is 6.50. The largest absolute Gasteiger partial charge is 0.495 e. The van der Waals surface area contributed by atoms with Crippen molar-refractivity contribution >= 4 is 46.3 Å². The van der Waals surface area contributed by atoms with E-state index in [1.807, 2.05) is 12.3 Å². The van der Waals surface area contributed by atoms with E-state index in [0.29, 0.717) is 46.0 Å². The van der Waals surface area contributed by atoms with Gasteiger partial charge in [-0.25, -0.2) is 24.9 Å². The van der Waals surface area contributed by atoms with Crippen LogP contribution in [0.2, 0.25) is 10.0 Å². The highest BCUT2D eigenvalue weighted by Gasteiger charge is 2.20. The summed E-state index contributed by atoms with van der Waals surface area (Å²) in [6.45, 7) is 4.53. The maximum atomic E-state index is 6.55. The predicted molar refractivity (Wildman–Crippen MR) is 154 cm³/mol. The number of hydrogen-bond donors (Lipinski definition) is 2. The van der Waals surface area contributed by atoms with E-state index in [9.17, 15) is 0 Å². The third-order valence-corrected chi connectivity index (χ3v) is 7.08. The Morgan fingerprint density at radius 1 is 0.875 bits per heavy atom. The molecule has 40 heavy (non-hydrogen) atoms. The van der Waals surface area contributed by atoms with Crippen molar-refractivity contribution in [1.82, 2.24) is 29.8 Å². The van der Waals surface area contributed by atoms with Crippen LogP contribution in [0.25, 0.3) is 11.4 Å². The number of methoxy groups -OCH3 is 2. The maximum Gasteiger partial charge on any atom is 0.158 e. The molecule has 208 valence electrons. The summed E-state index contributed by atoms with van der Waals surface area (Å²) in [5.41, 5.74) is 2.53. The van der Waals surface area contributed by atoms with Gasteiger partial charge in [0, 0.05) is 50.4 Å². The molecule has 13 heteroatoms. The summed E-state index contributed by atoms with van der Waals surface area (Å²) in [4.78, 5) is 24.6. The number of aromatic nitrogens is 5. The van der Waals surface area contributed by atoms with Gasteiger partial charge in [0.15, 0.2) is 5.82 Å². The Balaban J connectivity index is 1.33. The van der Waals surface area contributed by atoms with Crippen LogP contribution in [0.3, 0.4) is 0 Å². The molecule has 1 saturated heterocycles. The van der Waals surface area contributed by atoms with Gasteiger partial charge in [-0.3, -0.25) is 4.90 Å². The van der Waals surface area contributed by atoms with E-state index < -0.39 is 0 Å².